The molecule has 0 bridgehead atoms. The third-order valence-corrected chi connectivity index (χ3v) is 3.13. The average molecular weight is 347 g/mol. The highest BCUT2D eigenvalue weighted by molar-refractivity contribution is 5.98. The number of aromatic nitrogens is 2. The third kappa shape index (κ3) is 4.56. The van der Waals surface area contributed by atoms with E-state index in [1.54, 1.807) is 12.1 Å². The number of carbonyl (C=O) groups excluding carboxylic acids is 1. The zero-order chi connectivity index (χ0) is 18.4. The molecule has 0 saturated carbocycles. The first-order valence-corrected chi connectivity index (χ1v) is 7.22. The summed E-state index contributed by atoms with van der Waals surface area (Å²) in [4.78, 5) is 31.2. The van der Waals surface area contributed by atoms with E-state index < -0.39 is 17.9 Å². The lowest BCUT2D eigenvalue weighted by molar-refractivity contribution is -0.138. The Morgan fingerprint density at radius 1 is 1.12 bits per heavy atom. The summed E-state index contributed by atoms with van der Waals surface area (Å²) in [5, 5.41) is 11.3. The molecule has 2 aromatic rings. The Labute approximate surface area is 143 Å². The van der Waals surface area contributed by atoms with Crippen LogP contribution in [0.1, 0.15) is 17.3 Å². The van der Waals surface area contributed by atoms with Gasteiger partial charge in [0.2, 0.25) is 11.8 Å². The number of benzene rings is 1. The van der Waals surface area contributed by atoms with Crippen LogP contribution < -0.4 is 19.5 Å². The van der Waals surface area contributed by atoms with Gasteiger partial charge in [0.05, 0.1) is 25.8 Å². The first kappa shape index (κ1) is 18.0. The van der Waals surface area contributed by atoms with Gasteiger partial charge in [-0.05, 0) is 19.1 Å². The molecule has 132 valence electrons. The van der Waals surface area contributed by atoms with Crippen molar-refractivity contribution in [2.24, 2.45) is 0 Å². The number of nitrogens with one attached hydrogen (secondary N) is 1. The van der Waals surface area contributed by atoms with Gasteiger partial charge >= 0.3 is 12.0 Å². The SMILES string of the molecule is COc1cc(OC)nc(Oc2ccccc2C(=O)NC(C)C(=O)O)n1. The van der Waals surface area contributed by atoms with E-state index in [0.717, 1.165) is 0 Å². The zero-order valence-corrected chi connectivity index (χ0v) is 13.8. The fraction of sp³-hybridized carbons (Fsp3) is 0.250. The van der Waals surface area contributed by atoms with E-state index in [1.165, 1.54) is 39.3 Å². The molecule has 0 aliphatic heterocycles. The van der Waals surface area contributed by atoms with E-state index >= 15 is 0 Å². The van der Waals surface area contributed by atoms with Gasteiger partial charge in [-0.2, -0.15) is 9.97 Å². The normalized spacial score (nSPS) is 11.3. The zero-order valence-electron chi connectivity index (χ0n) is 13.8. The van der Waals surface area contributed by atoms with Gasteiger partial charge in [0.1, 0.15) is 11.8 Å². The van der Waals surface area contributed by atoms with E-state index in [-0.39, 0.29) is 29.1 Å². The van der Waals surface area contributed by atoms with Crippen molar-refractivity contribution in [3.05, 3.63) is 35.9 Å². The summed E-state index contributed by atoms with van der Waals surface area (Å²) in [5.41, 5.74) is 0.140. The predicted octanol–water partition coefficient (Wildman–Crippen LogP) is 1.49. The number of rotatable bonds is 7. The first-order chi connectivity index (χ1) is 11.9. The van der Waals surface area contributed by atoms with Crippen molar-refractivity contribution in [3.63, 3.8) is 0 Å². The average Bonchev–Trinajstić information content (AvgIpc) is 2.61. The topological polar surface area (TPSA) is 120 Å². The predicted molar refractivity (Wildman–Crippen MR) is 86.2 cm³/mol. The summed E-state index contributed by atoms with van der Waals surface area (Å²) >= 11 is 0. The molecule has 9 heteroatoms. The molecule has 9 nitrogen and oxygen atoms in total. The molecule has 0 saturated heterocycles. The molecule has 0 spiro atoms. The number of hydrogen-bond donors (Lipinski definition) is 2. The van der Waals surface area contributed by atoms with Crippen molar-refractivity contribution < 1.29 is 28.9 Å². The largest absolute Gasteiger partial charge is 0.481 e. The Kier molecular flexibility index (Phi) is 5.72. The van der Waals surface area contributed by atoms with Crippen molar-refractivity contribution >= 4 is 11.9 Å². The molecule has 1 aromatic heterocycles. The molecule has 0 fully saturated rings. The van der Waals surface area contributed by atoms with Crippen LogP contribution in [-0.4, -0.2) is 47.2 Å². The number of para-hydroxylation sites is 1. The van der Waals surface area contributed by atoms with E-state index in [9.17, 15) is 9.59 Å². The Bertz CT molecular complexity index is 758. The van der Waals surface area contributed by atoms with E-state index in [1.807, 2.05) is 0 Å². The van der Waals surface area contributed by atoms with Crippen molar-refractivity contribution in [2.75, 3.05) is 14.2 Å². The Balaban J connectivity index is 2.29. The highest BCUT2D eigenvalue weighted by Crippen LogP contribution is 2.26. The Morgan fingerprint density at radius 2 is 1.72 bits per heavy atom. The fourth-order valence-corrected chi connectivity index (χ4v) is 1.82. The molecule has 25 heavy (non-hydrogen) atoms. The lowest BCUT2D eigenvalue weighted by Gasteiger charge is -2.13. The van der Waals surface area contributed by atoms with Gasteiger partial charge in [-0.3, -0.25) is 9.59 Å². The lowest BCUT2D eigenvalue weighted by Crippen LogP contribution is -2.38. The maximum atomic E-state index is 12.3. The van der Waals surface area contributed by atoms with Gasteiger partial charge in [0.15, 0.2) is 0 Å². The van der Waals surface area contributed by atoms with Crippen molar-refractivity contribution in [1.82, 2.24) is 15.3 Å². The van der Waals surface area contributed by atoms with Crippen LogP contribution in [0, 0.1) is 0 Å². The molecule has 1 amide bonds. The molecule has 1 unspecified atom stereocenters. The molecule has 1 heterocycles. The van der Waals surface area contributed by atoms with Crippen LogP contribution in [0.3, 0.4) is 0 Å². The highest BCUT2D eigenvalue weighted by atomic mass is 16.5. The number of carboxylic acid groups (broad SMARTS) is 1. The standard InChI is InChI=1S/C16H17N3O6/c1-9(15(21)22)17-14(20)10-6-4-5-7-11(10)25-16-18-12(23-2)8-13(19-16)24-3/h4-9H,1-3H3,(H,17,20)(H,21,22). The van der Waals surface area contributed by atoms with Crippen molar-refractivity contribution in [1.29, 1.82) is 0 Å². The van der Waals surface area contributed by atoms with Gasteiger partial charge in [-0.25, -0.2) is 0 Å². The van der Waals surface area contributed by atoms with Crippen LogP contribution in [0.25, 0.3) is 0 Å². The van der Waals surface area contributed by atoms with Crippen LogP contribution in [0.4, 0.5) is 0 Å². The molecular formula is C16H17N3O6. The number of methoxy groups -OCH3 is 2. The second kappa shape index (κ2) is 7.95. The number of aliphatic carboxylic acids is 1. The minimum atomic E-state index is -1.15. The van der Waals surface area contributed by atoms with E-state index in [2.05, 4.69) is 15.3 Å². The second-order valence-corrected chi connectivity index (χ2v) is 4.87. The molecule has 0 aliphatic carbocycles. The van der Waals surface area contributed by atoms with Crippen LogP contribution >= 0.6 is 0 Å². The van der Waals surface area contributed by atoms with E-state index in [0.29, 0.717) is 0 Å². The van der Waals surface area contributed by atoms with Crippen LogP contribution in [0.2, 0.25) is 0 Å². The van der Waals surface area contributed by atoms with Crippen molar-refractivity contribution in [3.8, 4) is 23.5 Å². The maximum Gasteiger partial charge on any atom is 0.328 e. The quantitative estimate of drug-likeness (QED) is 0.773. The smallest absolute Gasteiger partial charge is 0.328 e. The number of amides is 1. The van der Waals surface area contributed by atoms with Crippen LogP contribution in [0.15, 0.2) is 30.3 Å². The Morgan fingerprint density at radius 3 is 2.28 bits per heavy atom. The van der Waals surface area contributed by atoms with Gasteiger partial charge < -0.3 is 24.6 Å². The maximum absolute atomic E-state index is 12.3. The van der Waals surface area contributed by atoms with Gasteiger partial charge in [-0.1, -0.05) is 12.1 Å². The summed E-state index contributed by atoms with van der Waals surface area (Å²) < 4.78 is 15.6. The van der Waals surface area contributed by atoms with Gasteiger partial charge in [0, 0.05) is 0 Å². The minimum absolute atomic E-state index is 0.0808. The lowest BCUT2D eigenvalue weighted by atomic mass is 10.1. The number of carbonyl (C=O) groups is 2. The summed E-state index contributed by atoms with van der Waals surface area (Å²) in [6.07, 6.45) is 0. The summed E-state index contributed by atoms with van der Waals surface area (Å²) in [5.74, 6) is -1.13. The fourth-order valence-electron chi connectivity index (χ4n) is 1.82. The molecule has 2 rings (SSSR count). The molecule has 1 aromatic carbocycles. The van der Waals surface area contributed by atoms with Crippen LogP contribution in [-0.2, 0) is 4.79 Å². The number of nitrogens with zero attached hydrogens (tertiary/aromatic N) is 2. The number of hydrogen-bond acceptors (Lipinski definition) is 7. The number of carboxylic acids is 1. The molecule has 0 aliphatic rings. The molecule has 2 N–H and O–H groups in total. The second-order valence-electron chi connectivity index (χ2n) is 4.87. The molecular weight excluding hydrogens is 330 g/mol. The summed E-state index contributed by atoms with van der Waals surface area (Å²) in [7, 11) is 2.86. The first-order valence-electron chi connectivity index (χ1n) is 7.22. The molecule has 0 radical (unpaired) electrons. The molecule has 1 atom stereocenters. The van der Waals surface area contributed by atoms with Gasteiger partial charge in [0.25, 0.3) is 5.91 Å². The monoisotopic (exact) mass is 347 g/mol. The van der Waals surface area contributed by atoms with Crippen molar-refractivity contribution in [2.45, 2.75) is 13.0 Å². The van der Waals surface area contributed by atoms with Gasteiger partial charge in [-0.15, -0.1) is 0 Å². The summed E-state index contributed by atoms with van der Waals surface area (Å²) in [6, 6.07) is 6.66. The minimum Gasteiger partial charge on any atom is -0.481 e. The summed E-state index contributed by atoms with van der Waals surface area (Å²) in [6.45, 7) is 1.36. The highest BCUT2D eigenvalue weighted by Gasteiger charge is 2.19. The number of ether oxygens (including phenoxy) is 3. The third-order valence-electron chi connectivity index (χ3n) is 3.13. The Hall–Kier alpha value is -3.36. The van der Waals surface area contributed by atoms with E-state index in [4.69, 9.17) is 19.3 Å². The van der Waals surface area contributed by atoms with Crippen LogP contribution in [0.5, 0.6) is 23.5 Å².